The Balaban J connectivity index is 3.32. The van der Waals surface area contributed by atoms with E-state index in [-0.39, 0.29) is 0 Å². The molecule has 1 unspecified atom stereocenters. The summed E-state index contributed by atoms with van der Waals surface area (Å²) in [6.07, 6.45) is 24.1. The van der Waals surface area contributed by atoms with Crippen LogP contribution in [0.5, 0.6) is 0 Å². The summed E-state index contributed by atoms with van der Waals surface area (Å²) in [6.45, 7) is 4.37. The van der Waals surface area contributed by atoms with Crippen LogP contribution >= 0.6 is 0 Å². The van der Waals surface area contributed by atoms with Gasteiger partial charge in [-0.1, -0.05) is 63.1 Å². The van der Waals surface area contributed by atoms with Gasteiger partial charge in [-0.05, 0) is 44.9 Å². The Kier molecular flexibility index (Phi) is 14.6. The average Bonchev–Trinajstić information content (AvgIpc) is 2.40. The fraction of sp³-hybridized carbons (Fsp3) is 0.667. The molecule has 0 aromatic carbocycles. The van der Waals surface area contributed by atoms with Crippen LogP contribution in [0.2, 0.25) is 0 Å². The third-order valence-electron chi connectivity index (χ3n) is 3.14. The minimum absolute atomic E-state index is 0.424. The summed E-state index contributed by atoms with van der Waals surface area (Å²) in [4.78, 5) is 0. The van der Waals surface area contributed by atoms with Crippen LogP contribution in [0.1, 0.15) is 71.6 Å². The van der Waals surface area contributed by atoms with Crippen LogP contribution in [0.25, 0.3) is 0 Å². The first-order valence-electron chi connectivity index (χ1n) is 8.01. The van der Waals surface area contributed by atoms with Gasteiger partial charge in [-0.15, -0.1) is 0 Å². The topological polar surface area (TPSA) is 26.0 Å². The van der Waals surface area contributed by atoms with Gasteiger partial charge in [0.1, 0.15) is 0 Å². The predicted molar refractivity (Wildman–Crippen MR) is 88.3 cm³/mol. The standard InChI is InChI=1S/C18H33N/c1-3-5-6-7-8-9-10-11-12-13-14-15-17-18(19)16-4-2/h5-6,8-9,11-12,18H,3-4,7,10,13-17,19H2,1-2H3/b6-5-,9-8-,12-11-. The lowest BCUT2D eigenvalue weighted by Crippen LogP contribution is -2.18. The molecular weight excluding hydrogens is 230 g/mol. The molecule has 0 aliphatic rings. The zero-order chi connectivity index (χ0) is 14.2. The number of hydrogen-bond donors (Lipinski definition) is 1. The highest BCUT2D eigenvalue weighted by Crippen LogP contribution is 2.07. The van der Waals surface area contributed by atoms with Crippen molar-refractivity contribution in [2.45, 2.75) is 77.7 Å². The van der Waals surface area contributed by atoms with E-state index in [9.17, 15) is 0 Å². The average molecular weight is 263 g/mol. The van der Waals surface area contributed by atoms with E-state index in [4.69, 9.17) is 5.73 Å². The Morgan fingerprint density at radius 2 is 1.42 bits per heavy atom. The summed E-state index contributed by atoms with van der Waals surface area (Å²) in [5.74, 6) is 0. The molecule has 0 bridgehead atoms. The third-order valence-corrected chi connectivity index (χ3v) is 3.14. The van der Waals surface area contributed by atoms with Gasteiger partial charge in [0.05, 0.1) is 0 Å². The van der Waals surface area contributed by atoms with Crippen LogP contribution in [0.15, 0.2) is 36.5 Å². The minimum Gasteiger partial charge on any atom is -0.328 e. The van der Waals surface area contributed by atoms with Gasteiger partial charge in [0.2, 0.25) is 0 Å². The van der Waals surface area contributed by atoms with E-state index in [1.807, 2.05) is 0 Å². The normalized spacial score (nSPS) is 14.1. The molecule has 0 aromatic heterocycles. The highest BCUT2D eigenvalue weighted by molar-refractivity contribution is 4.96. The maximum Gasteiger partial charge on any atom is 0.00387 e. The van der Waals surface area contributed by atoms with Crippen molar-refractivity contribution in [2.24, 2.45) is 5.73 Å². The van der Waals surface area contributed by atoms with Crippen molar-refractivity contribution >= 4 is 0 Å². The maximum absolute atomic E-state index is 5.98. The van der Waals surface area contributed by atoms with Gasteiger partial charge in [-0.25, -0.2) is 0 Å². The molecule has 0 rings (SSSR count). The first-order valence-corrected chi connectivity index (χ1v) is 8.01. The highest BCUT2D eigenvalue weighted by Gasteiger charge is 1.99. The van der Waals surface area contributed by atoms with Gasteiger partial charge in [-0.3, -0.25) is 0 Å². The number of rotatable bonds is 12. The van der Waals surface area contributed by atoms with Crippen molar-refractivity contribution in [3.8, 4) is 0 Å². The van der Waals surface area contributed by atoms with E-state index in [2.05, 4.69) is 50.3 Å². The van der Waals surface area contributed by atoms with Crippen molar-refractivity contribution in [1.29, 1.82) is 0 Å². The molecule has 2 N–H and O–H groups in total. The first-order chi connectivity index (χ1) is 9.31. The molecule has 0 amide bonds. The quantitative estimate of drug-likeness (QED) is 0.363. The summed E-state index contributed by atoms with van der Waals surface area (Å²) < 4.78 is 0. The molecule has 1 nitrogen and oxygen atoms in total. The number of unbranched alkanes of at least 4 members (excludes halogenated alkanes) is 2. The number of allylic oxidation sites excluding steroid dienone is 6. The predicted octanol–water partition coefficient (Wildman–Crippen LogP) is 5.53. The highest BCUT2D eigenvalue weighted by atomic mass is 14.6. The van der Waals surface area contributed by atoms with Crippen LogP contribution in [-0.4, -0.2) is 6.04 Å². The van der Waals surface area contributed by atoms with E-state index in [0.29, 0.717) is 6.04 Å². The van der Waals surface area contributed by atoms with E-state index in [1.54, 1.807) is 0 Å². The second kappa shape index (κ2) is 15.2. The second-order valence-corrected chi connectivity index (χ2v) is 5.13. The molecular formula is C18H33N. The Morgan fingerprint density at radius 3 is 2.05 bits per heavy atom. The van der Waals surface area contributed by atoms with Crippen molar-refractivity contribution in [2.75, 3.05) is 0 Å². The van der Waals surface area contributed by atoms with Crippen molar-refractivity contribution in [3.05, 3.63) is 36.5 Å². The van der Waals surface area contributed by atoms with Crippen LogP contribution in [-0.2, 0) is 0 Å². The largest absolute Gasteiger partial charge is 0.328 e. The molecule has 0 fully saturated rings. The third kappa shape index (κ3) is 15.1. The van der Waals surface area contributed by atoms with Gasteiger partial charge >= 0.3 is 0 Å². The van der Waals surface area contributed by atoms with Crippen molar-refractivity contribution in [3.63, 3.8) is 0 Å². The summed E-state index contributed by atoms with van der Waals surface area (Å²) in [7, 11) is 0. The molecule has 0 saturated carbocycles. The van der Waals surface area contributed by atoms with Crippen LogP contribution in [0, 0.1) is 0 Å². The molecule has 0 aromatic rings. The Bertz CT molecular complexity index is 250. The second-order valence-electron chi connectivity index (χ2n) is 5.13. The molecule has 0 aliphatic carbocycles. The van der Waals surface area contributed by atoms with Crippen LogP contribution in [0.3, 0.4) is 0 Å². The Morgan fingerprint density at radius 1 is 0.789 bits per heavy atom. The molecule has 1 heteroatoms. The van der Waals surface area contributed by atoms with Gasteiger partial charge in [0, 0.05) is 6.04 Å². The summed E-state index contributed by atoms with van der Waals surface area (Å²) in [6, 6.07) is 0.424. The van der Waals surface area contributed by atoms with E-state index < -0.39 is 0 Å². The first kappa shape index (κ1) is 18.2. The van der Waals surface area contributed by atoms with Gasteiger partial charge in [0.25, 0.3) is 0 Å². The minimum atomic E-state index is 0.424. The molecule has 0 spiro atoms. The summed E-state index contributed by atoms with van der Waals surface area (Å²) in [5, 5.41) is 0. The molecule has 19 heavy (non-hydrogen) atoms. The van der Waals surface area contributed by atoms with Gasteiger partial charge < -0.3 is 5.73 Å². The Hall–Kier alpha value is -0.820. The maximum atomic E-state index is 5.98. The smallest absolute Gasteiger partial charge is 0.00387 e. The zero-order valence-corrected chi connectivity index (χ0v) is 13.0. The number of hydrogen-bond acceptors (Lipinski definition) is 1. The lowest BCUT2D eigenvalue weighted by molar-refractivity contribution is 0.528. The van der Waals surface area contributed by atoms with E-state index in [1.165, 1.54) is 38.5 Å². The van der Waals surface area contributed by atoms with Crippen molar-refractivity contribution in [1.82, 2.24) is 0 Å². The molecule has 0 saturated heterocycles. The molecule has 0 radical (unpaired) electrons. The lowest BCUT2D eigenvalue weighted by atomic mass is 10.0. The van der Waals surface area contributed by atoms with E-state index >= 15 is 0 Å². The molecule has 110 valence electrons. The van der Waals surface area contributed by atoms with Crippen LogP contribution in [0.4, 0.5) is 0 Å². The molecule has 0 aliphatic heterocycles. The summed E-state index contributed by atoms with van der Waals surface area (Å²) >= 11 is 0. The Labute approximate surface area is 120 Å². The fourth-order valence-corrected chi connectivity index (χ4v) is 2.01. The summed E-state index contributed by atoms with van der Waals surface area (Å²) in [5.41, 5.74) is 5.98. The zero-order valence-electron chi connectivity index (χ0n) is 13.0. The van der Waals surface area contributed by atoms with E-state index in [0.717, 1.165) is 19.3 Å². The van der Waals surface area contributed by atoms with Crippen molar-refractivity contribution < 1.29 is 0 Å². The fourth-order valence-electron chi connectivity index (χ4n) is 2.01. The van der Waals surface area contributed by atoms with Gasteiger partial charge in [-0.2, -0.15) is 0 Å². The number of nitrogens with two attached hydrogens (primary N) is 1. The molecule has 0 heterocycles. The SMILES string of the molecule is CC/C=C\C/C=C\C/C=C\CCCCC(N)CCC. The van der Waals surface area contributed by atoms with Crippen LogP contribution < -0.4 is 5.73 Å². The molecule has 1 atom stereocenters. The lowest BCUT2D eigenvalue weighted by Gasteiger charge is -2.08. The monoisotopic (exact) mass is 263 g/mol. The van der Waals surface area contributed by atoms with Gasteiger partial charge in [0.15, 0.2) is 0 Å².